The van der Waals surface area contributed by atoms with Crippen molar-refractivity contribution in [2.75, 3.05) is 11.9 Å². The van der Waals surface area contributed by atoms with Gasteiger partial charge in [0.2, 0.25) is 11.2 Å². The highest BCUT2D eigenvalue weighted by molar-refractivity contribution is 6.28. The van der Waals surface area contributed by atoms with Crippen LogP contribution in [0.15, 0.2) is 12.7 Å². The summed E-state index contributed by atoms with van der Waals surface area (Å²) in [6.45, 7) is 0.872. The minimum Gasteiger partial charge on any atom is -0.354 e. The van der Waals surface area contributed by atoms with Crippen LogP contribution in [0, 0.1) is 5.92 Å². The second-order valence-electron chi connectivity index (χ2n) is 4.60. The number of anilines is 1. The molecule has 19 heavy (non-hydrogen) atoms. The van der Waals surface area contributed by atoms with Crippen molar-refractivity contribution in [3.8, 4) is 5.95 Å². The van der Waals surface area contributed by atoms with Gasteiger partial charge >= 0.3 is 0 Å². The maximum Gasteiger partial charge on any atom is 0.258 e. The molecule has 1 N–H and O–H groups in total. The molecule has 0 radical (unpaired) electrons. The normalized spacial score (nSPS) is 15.8. The van der Waals surface area contributed by atoms with E-state index in [-0.39, 0.29) is 5.28 Å². The van der Waals surface area contributed by atoms with Crippen LogP contribution in [0.1, 0.15) is 25.7 Å². The van der Waals surface area contributed by atoms with E-state index >= 15 is 0 Å². The molecule has 0 bridgehead atoms. The predicted octanol–water partition coefficient (Wildman–Crippen LogP) is 1.71. The molecule has 0 aromatic carbocycles. The minimum atomic E-state index is 0.148. The highest BCUT2D eigenvalue weighted by Gasteiger charge is 2.15. The van der Waals surface area contributed by atoms with E-state index in [0.717, 1.165) is 6.54 Å². The molecule has 0 saturated heterocycles. The maximum absolute atomic E-state index is 5.90. The number of hydrogen-bond acceptors (Lipinski definition) is 6. The van der Waals surface area contributed by atoms with Crippen molar-refractivity contribution < 1.29 is 0 Å². The van der Waals surface area contributed by atoms with Crippen molar-refractivity contribution in [2.45, 2.75) is 25.7 Å². The summed E-state index contributed by atoms with van der Waals surface area (Å²) in [4.78, 5) is 16.2. The molecular weight excluding hydrogens is 266 g/mol. The molecule has 2 aromatic heterocycles. The number of rotatable bonds is 4. The zero-order chi connectivity index (χ0) is 13.1. The summed E-state index contributed by atoms with van der Waals surface area (Å²) in [5, 5.41) is 7.34. The molecule has 1 aliphatic carbocycles. The van der Waals surface area contributed by atoms with E-state index in [2.05, 4.69) is 30.4 Å². The lowest BCUT2D eigenvalue weighted by Gasteiger charge is -2.10. The second kappa shape index (κ2) is 5.48. The third kappa shape index (κ3) is 2.98. The van der Waals surface area contributed by atoms with Crippen LogP contribution in [-0.4, -0.2) is 36.3 Å². The fraction of sp³-hybridized carbons (Fsp3) is 0.545. The van der Waals surface area contributed by atoms with Crippen LogP contribution in [0.2, 0.25) is 5.28 Å². The van der Waals surface area contributed by atoms with E-state index in [0.29, 0.717) is 17.8 Å². The average Bonchev–Trinajstić information content (AvgIpc) is 3.09. The third-order valence-corrected chi connectivity index (χ3v) is 3.41. The van der Waals surface area contributed by atoms with Gasteiger partial charge in [-0.2, -0.15) is 24.7 Å². The van der Waals surface area contributed by atoms with Crippen LogP contribution in [0.4, 0.5) is 5.95 Å². The van der Waals surface area contributed by atoms with Crippen LogP contribution >= 0.6 is 11.6 Å². The number of hydrogen-bond donors (Lipinski definition) is 1. The maximum atomic E-state index is 5.90. The van der Waals surface area contributed by atoms with Crippen LogP contribution in [0.5, 0.6) is 0 Å². The van der Waals surface area contributed by atoms with Gasteiger partial charge in [0.25, 0.3) is 5.95 Å². The lowest BCUT2D eigenvalue weighted by atomic mass is 10.1. The Bertz CT molecular complexity index is 536. The first-order valence-corrected chi connectivity index (χ1v) is 6.69. The van der Waals surface area contributed by atoms with Gasteiger partial charge in [-0.1, -0.05) is 12.8 Å². The Balaban J connectivity index is 1.74. The lowest BCUT2D eigenvalue weighted by Crippen LogP contribution is -2.15. The summed E-state index contributed by atoms with van der Waals surface area (Å²) in [6.07, 6.45) is 8.10. The molecule has 0 unspecified atom stereocenters. The van der Waals surface area contributed by atoms with Crippen molar-refractivity contribution in [1.29, 1.82) is 0 Å². The monoisotopic (exact) mass is 279 g/mol. The van der Waals surface area contributed by atoms with Crippen molar-refractivity contribution in [2.24, 2.45) is 5.92 Å². The molecule has 1 saturated carbocycles. The molecule has 0 atom stereocenters. The Morgan fingerprint density at radius 3 is 2.84 bits per heavy atom. The van der Waals surface area contributed by atoms with Crippen molar-refractivity contribution in [1.82, 2.24) is 29.7 Å². The Labute approximate surface area is 115 Å². The van der Waals surface area contributed by atoms with Gasteiger partial charge in [0.1, 0.15) is 12.7 Å². The van der Waals surface area contributed by atoms with Crippen LogP contribution in [-0.2, 0) is 0 Å². The number of nitrogens with one attached hydrogen (secondary N) is 1. The predicted molar refractivity (Wildman–Crippen MR) is 70.2 cm³/mol. The van der Waals surface area contributed by atoms with Crippen molar-refractivity contribution >= 4 is 17.5 Å². The molecule has 0 aliphatic heterocycles. The van der Waals surface area contributed by atoms with Gasteiger partial charge in [0, 0.05) is 6.54 Å². The van der Waals surface area contributed by atoms with E-state index < -0.39 is 0 Å². The smallest absolute Gasteiger partial charge is 0.258 e. The highest BCUT2D eigenvalue weighted by atomic mass is 35.5. The molecule has 2 heterocycles. The number of halogens is 1. The van der Waals surface area contributed by atoms with E-state index in [4.69, 9.17) is 11.6 Å². The number of aromatic nitrogens is 6. The quantitative estimate of drug-likeness (QED) is 0.917. The molecule has 100 valence electrons. The molecule has 0 amide bonds. The first-order chi connectivity index (χ1) is 9.31. The van der Waals surface area contributed by atoms with Crippen molar-refractivity contribution in [3.05, 3.63) is 17.9 Å². The Kier molecular flexibility index (Phi) is 3.54. The van der Waals surface area contributed by atoms with Gasteiger partial charge in [-0.05, 0) is 30.4 Å². The lowest BCUT2D eigenvalue weighted by molar-refractivity contribution is 0.577. The summed E-state index contributed by atoms with van der Waals surface area (Å²) >= 11 is 5.90. The van der Waals surface area contributed by atoms with Gasteiger partial charge in [-0.15, -0.1) is 0 Å². The fourth-order valence-electron chi connectivity index (χ4n) is 2.28. The standard InChI is InChI=1S/C11H14ClN7/c12-9-16-10(14-5-8-3-1-2-4-8)18-11(17-9)19-7-13-6-15-19/h6-8H,1-5H2,(H,14,16,17,18). The molecule has 8 heteroatoms. The van der Waals surface area contributed by atoms with Gasteiger partial charge in [-0.3, -0.25) is 0 Å². The zero-order valence-electron chi connectivity index (χ0n) is 10.3. The van der Waals surface area contributed by atoms with E-state index in [1.807, 2.05) is 0 Å². The molecular formula is C11H14ClN7. The van der Waals surface area contributed by atoms with Gasteiger partial charge in [0.05, 0.1) is 0 Å². The average molecular weight is 280 g/mol. The molecule has 0 spiro atoms. The second-order valence-corrected chi connectivity index (χ2v) is 4.94. The molecule has 7 nitrogen and oxygen atoms in total. The summed E-state index contributed by atoms with van der Waals surface area (Å²) in [5.41, 5.74) is 0. The summed E-state index contributed by atoms with van der Waals surface area (Å²) in [5.74, 6) is 1.55. The van der Waals surface area contributed by atoms with Gasteiger partial charge in [0.15, 0.2) is 0 Å². The third-order valence-electron chi connectivity index (χ3n) is 3.24. The van der Waals surface area contributed by atoms with Gasteiger partial charge in [-0.25, -0.2) is 4.98 Å². The Morgan fingerprint density at radius 2 is 2.11 bits per heavy atom. The highest BCUT2D eigenvalue weighted by Crippen LogP contribution is 2.24. The summed E-state index contributed by atoms with van der Waals surface area (Å²) in [7, 11) is 0. The summed E-state index contributed by atoms with van der Waals surface area (Å²) < 4.78 is 1.45. The first-order valence-electron chi connectivity index (χ1n) is 6.32. The SMILES string of the molecule is Clc1nc(NCC2CCCC2)nc(-n2cncn2)n1. The number of nitrogens with zero attached hydrogens (tertiary/aromatic N) is 6. The first kappa shape index (κ1) is 12.3. The summed E-state index contributed by atoms with van der Waals surface area (Å²) in [6, 6.07) is 0. The van der Waals surface area contributed by atoms with Crippen LogP contribution in [0.25, 0.3) is 5.95 Å². The molecule has 1 fully saturated rings. The molecule has 3 rings (SSSR count). The molecule has 2 aromatic rings. The van der Waals surface area contributed by atoms with E-state index in [1.54, 1.807) is 0 Å². The van der Waals surface area contributed by atoms with Crippen LogP contribution < -0.4 is 5.32 Å². The largest absolute Gasteiger partial charge is 0.354 e. The van der Waals surface area contributed by atoms with Crippen molar-refractivity contribution in [3.63, 3.8) is 0 Å². The van der Waals surface area contributed by atoms with Gasteiger partial charge < -0.3 is 5.32 Å². The fourth-order valence-corrected chi connectivity index (χ4v) is 2.44. The zero-order valence-corrected chi connectivity index (χ0v) is 11.1. The van der Waals surface area contributed by atoms with Crippen LogP contribution in [0.3, 0.4) is 0 Å². The van der Waals surface area contributed by atoms with E-state index in [1.165, 1.54) is 43.0 Å². The van der Waals surface area contributed by atoms with E-state index in [9.17, 15) is 0 Å². The topological polar surface area (TPSA) is 81.4 Å². The Morgan fingerprint density at radius 1 is 1.26 bits per heavy atom. The molecule has 1 aliphatic rings. The minimum absolute atomic E-state index is 0.148. The Hall–Kier alpha value is -1.76.